The maximum Gasteiger partial charge on any atom is 0.115 e. The Kier molecular flexibility index (Phi) is 5.33. The van der Waals surface area contributed by atoms with Gasteiger partial charge in [0.15, 0.2) is 0 Å². The molecule has 0 saturated heterocycles. The van der Waals surface area contributed by atoms with Gasteiger partial charge in [0.25, 0.3) is 0 Å². The highest BCUT2D eigenvalue weighted by Crippen LogP contribution is 2.37. The Morgan fingerprint density at radius 3 is 2.81 bits per heavy atom. The van der Waals surface area contributed by atoms with Gasteiger partial charge in [-0.3, -0.25) is 9.98 Å². The fraction of sp³-hybridized carbons (Fsp3) is 0.478. The smallest absolute Gasteiger partial charge is 0.115 e. The quantitative estimate of drug-likeness (QED) is 0.783. The molecule has 1 saturated carbocycles. The lowest BCUT2D eigenvalue weighted by Crippen LogP contribution is -2.26. The van der Waals surface area contributed by atoms with Crippen molar-refractivity contribution < 1.29 is 5.11 Å². The van der Waals surface area contributed by atoms with E-state index >= 15 is 0 Å². The van der Waals surface area contributed by atoms with Crippen molar-refractivity contribution in [3.63, 3.8) is 0 Å². The van der Waals surface area contributed by atoms with Gasteiger partial charge in [0, 0.05) is 24.5 Å². The Hall–Kier alpha value is -2.16. The molecule has 0 amide bonds. The van der Waals surface area contributed by atoms with E-state index in [-0.39, 0.29) is 0 Å². The number of pyridine rings is 1. The average Bonchev–Trinajstić information content (AvgIpc) is 2.69. The van der Waals surface area contributed by atoms with E-state index in [1.807, 2.05) is 30.6 Å². The molecule has 4 rings (SSSR count). The third-order valence-electron chi connectivity index (χ3n) is 6.02. The molecule has 0 radical (unpaired) electrons. The highest BCUT2D eigenvalue weighted by molar-refractivity contribution is 5.61. The SMILES string of the molecule is Oc1ccc2c(c1)CCC(N=CC1CCCCC1)C2Cc1cccnc1. The van der Waals surface area contributed by atoms with Crippen molar-refractivity contribution >= 4 is 6.21 Å². The minimum atomic E-state index is 0.328. The Labute approximate surface area is 156 Å². The predicted molar refractivity (Wildman–Crippen MR) is 106 cm³/mol. The summed E-state index contributed by atoms with van der Waals surface area (Å²) in [7, 11) is 0. The van der Waals surface area contributed by atoms with Gasteiger partial charge in [-0.2, -0.15) is 0 Å². The van der Waals surface area contributed by atoms with E-state index in [0.717, 1.165) is 19.3 Å². The summed E-state index contributed by atoms with van der Waals surface area (Å²) in [5.74, 6) is 1.40. The predicted octanol–water partition coefficient (Wildman–Crippen LogP) is 5.08. The molecule has 1 aromatic heterocycles. The van der Waals surface area contributed by atoms with Crippen LogP contribution in [-0.4, -0.2) is 22.3 Å². The number of aromatic hydroxyl groups is 1. The fourth-order valence-corrected chi connectivity index (χ4v) is 4.59. The lowest BCUT2D eigenvalue weighted by atomic mass is 9.76. The number of fused-ring (bicyclic) bond motifs is 1. The standard InChI is InChI=1S/C23H28N2O/c26-20-9-10-21-19(14-20)8-11-23(25-16-17-5-2-1-3-6-17)22(21)13-18-7-4-12-24-15-18/h4,7,9-10,12,14-17,22-23,26H,1-3,5-6,8,11,13H2. The van der Waals surface area contributed by atoms with Gasteiger partial charge in [-0.05, 0) is 72.9 Å². The topological polar surface area (TPSA) is 45.5 Å². The highest BCUT2D eigenvalue weighted by Gasteiger charge is 2.29. The molecule has 3 heteroatoms. The molecule has 0 spiro atoms. The minimum Gasteiger partial charge on any atom is -0.508 e. The Balaban J connectivity index is 1.59. The van der Waals surface area contributed by atoms with Gasteiger partial charge in [0.05, 0.1) is 6.04 Å². The number of aryl methyl sites for hydroxylation is 1. The number of benzene rings is 1. The van der Waals surface area contributed by atoms with Gasteiger partial charge >= 0.3 is 0 Å². The summed E-state index contributed by atoms with van der Waals surface area (Å²) in [4.78, 5) is 9.38. The molecule has 1 heterocycles. The van der Waals surface area contributed by atoms with Crippen molar-refractivity contribution in [1.82, 2.24) is 4.98 Å². The zero-order chi connectivity index (χ0) is 17.8. The molecule has 3 nitrogen and oxygen atoms in total. The van der Waals surface area contributed by atoms with Crippen LogP contribution in [0.4, 0.5) is 0 Å². The molecule has 136 valence electrons. The van der Waals surface area contributed by atoms with Gasteiger partial charge in [0.2, 0.25) is 0 Å². The second-order valence-corrected chi connectivity index (χ2v) is 7.86. The van der Waals surface area contributed by atoms with Crippen LogP contribution in [0.5, 0.6) is 5.75 Å². The van der Waals surface area contributed by atoms with Crippen molar-refractivity contribution in [2.45, 2.75) is 63.3 Å². The minimum absolute atomic E-state index is 0.328. The maximum absolute atomic E-state index is 9.86. The summed E-state index contributed by atoms with van der Waals surface area (Å²) >= 11 is 0. The van der Waals surface area contributed by atoms with E-state index in [0.29, 0.717) is 23.6 Å². The summed E-state index contributed by atoms with van der Waals surface area (Å²) in [6, 6.07) is 10.4. The number of aliphatic imine (C=N–C) groups is 1. The highest BCUT2D eigenvalue weighted by atomic mass is 16.3. The number of nitrogens with zero attached hydrogens (tertiary/aromatic N) is 2. The monoisotopic (exact) mass is 348 g/mol. The number of hydrogen-bond donors (Lipinski definition) is 1. The van der Waals surface area contributed by atoms with Crippen molar-refractivity contribution in [3.8, 4) is 5.75 Å². The lowest BCUT2D eigenvalue weighted by molar-refractivity contribution is 0.433. The van der Waals surface area contributed by atoms with Gasteiger partial charge in [-0.1, -0.05) is 31.4 Å². The van der Waals surface area contributed by atoms with Crippen LogP contribution in [0.25, 0.3) is 0 Å². The first-order chi connectivity index (χ1) is 12.8. The third kappa shape index (κ3) is 3.98. The third-order valence-corrected chi connectivity index (χ3v) is 6.02. The normalized spacial score (nSPS) is 23.8. The van der Waals surface area contributed by atoms with E-state index in [9.17, 15) is 5.11 Å². The molecular weight excluding hydrogens is 320 g/mol. The van der Waals surface area contributed by atoms with Crippen molar-refractivity contribution in [2.24, 2.45) is 10.9 Å². The zero-order valence-corrected chi connectivity index (χ0v) is 15.3. The molecule has 2 aromatic rings. The molecule has 26 heavy (non-hydrogen) atoms. The van der Waals surface area contributed by atoms with Crippen LogP contribution in [0.15, 0.2) is 47.7 Å². The van der Waals surface area contributed by atoms with Crippen molar-refractivity contribution in [1.29, 1.82) is 0 Å². The largest absolute Gasteiger partial charge is 0.508 e. The van der Waals surface area contributed by atoms with Crippen LogP contribution in [-0.2, 0) is 12.8 Å². The number of phenols is 1. The summed E-state index contributed by atoms with van der Waals surface area (Å²) in [5, 5.41) is 9.86. The van der Waals surface area contributed by atoms with Crippen LogP contribution >= 0.6 is 0 Å². The van der Waals surface area contributed by atoms with Crippen LogP contribution in [0.1, 0.15) is 61.1 Å². The first-order valence-electron chi connectivity index (χ1n) is 10.0. The summed E-state index contributed by atoms with van der Waals surface area (Å²) in [5.41, 5.74) is 3.89. The zero-order valence-electron chi connectivity index (χ0n) is 15.3. The average molecular weight is 348 g/mol. The first-order valence-corrected chi connectivity index (χ1v) is 10.0. The van der Waals surface area contributed by atoms with Crippen LogP contribution in [0, 0.1) is 5.92 Å². The number of aromatic nitrogens is 1. The Morgan fingerprint density at radius 2 is 2.00 bits per heavy atom. The van der Waals surface area contributed by atoms with Crippen LogP contribution < -0.4 is 0 Å². The second kappa shape index (κ2) is 8.03. The molecule has 2 aliphatic carbocycles. The first kappa shape index (κ1) is 17.3. The molecule has 2 unspecified atom stereocenters. The Bertz CT molecular complexity index is 750. The van der Waals surface area contributed by atoms with Crippen LogP contribution in [0.2, 0.25) is 0 Å². The molecule has 2 aliphatic rings. The Morgan fingerprint density at radius 1 is 1.12 bits per heavy atom. The van der Waals surface area contributed by atoms with Gasteiger partial charge in [-0.15, -0.1) is 0 Å². The van der Waals surface area contributed by atoms with E-state index < -0.39 is 0 Å². The van der Waals surface area contributed by atoms with E-state index in [4.69, 9.17) is 4.99 Å². The molecule has 0 bridgehead atoms. The summed E-state index contributed by atoms with van der Waals surface area (Å²) < 4.78 is 0. The number of rotatable bonds is 4. The molecule has 2 atom stereocenters. The maximum atomic E-state index is 9.86. The molecule has 1 fully saturated rings. The van der Waals surface area contributed by atoms with Gasteiger partial charge < -0.3 is 5.11 Å². The van der Waals surface area contributed by atoms with Gasteiger partial charge in [-0.25, -0.2) is 0 Å². The summed E-state index contributed by atoms with van der Waals surface area (Å²) in [6.07, 6.45) is 15.8. The van der Waals surface area contributed by atoms with Gasteiger partial charge in [0.1, 0.15) is 5.75 Å². The molecule has 0 aliphatic heterocycles. The van der Waals surface area contributed by atoms with E-state index in [1.165, 1.54) is 48.8 Å². The second-order valence-electron chi connectivity index (χ2n) is 7.86. The number of hydrogen-bond acceptors (Lipinski definition) is 3. The van der Waals surface area contributed by atoms with E-state index in [1.54, 1.807) is 0 Å². The number of phenolic OH excluding ortho intramolecular Hbond substituents is 1. The molecule has 1 aromatic carbocycles. The van der Waals surface area contributed by atoms with Crippen LogP contribution in [0.3, 0.4) is 0 Å². The van der Waals surface area contributed by atoms with Crippen molar-refractivity contribution in [3.05, 3.63) is 59.4 Å². The fourth-order valence-electron chi connectivity index (χ4n) is 4.59. The van der Waals surface area contributed by atoms with Crippen molar-refractivity contribution in [2.75, 3.05) is 0 Å². The lowest BCUT2D eigenvalue weighted by Gasteiger charge is -2.32. The molecular formula is C23H28N2O. The molecule has 1 N–H and O–H groups in total. The summed E-state index contributed by atoms with van der Waals surface area (Å²) in [6.45, 7) is 0. The van der Waals surface area contributed by atoms with E-state index in [2.05, 4.69) is 23.3 Å².